The van der Waals surface area contributed by atoms with Gasteiger partial charge in [0.15, 0.2) is 5.96 Å². The number of nitrogens with one attached hydrogen (secondary N) is 1. The second-order valence-electron chi connectivity index (χ2n) is 3.22. The van der Waals surface area contributed by atoms with E-state index in [-0.39, 0.29) is 0 Å². The Labute approximate surface area is 85.0 Å². The Bertz CT molecular complexity index is 174. The van der Waals surface area contributed by atoms with Gasteiger partial charge in [-0.15, -0.1) is 0 Å². The molecule has 1 aliphatic heterocycles. The van der Waals surface area contributed by atoms with Crippen LogP contribution >= 0.6 is 11.8 Å². The Morgan fingerprint density at radius 2 is 2.08 bits per heavy atom. The molecule has 1 fully saturated rings. The molecule has 0 aromatic carbocycles. The van der Waals surface area contributed by atoms with E-state index in [1.165, 1.54) is 12.8 Å². The number of nitrogens with zero attached hydrogens (tertiary/aromatic N) is 2. The minimum absolute atomic E-state index is 0.853. The lowest BCUT2D eigenvalue weighted by molar-refractivity contribution is 0.340. The maximum absolute atomic E-state index is 4.21. The maximum atomic E-state index is 4.21. The molecule has 0 aromatic rings. The molecule has 1 rings (SSSR count). The first-order valence-corrected chi connectivity index (χ1v) is 6.03. The van der Waals surface area contributed by atoms with Crippen molar-refractivity contribution in [3.63, 3.8) is 0 Å². The zero-order valence-corrected chi connectivity index (χ0v) is 9.52. The molecule has 0 saturated carbocycles. The lowest BCUT2D eigenvalue weighted by Gasteiger charge is -2.32. The molecule has 0 spiro atoms. The van der Waals surface area contributed by atoms with Crippen LogP contribution in [0.1, 0.15) is 12.8 Å². The molecule has 0 aliphatic carbocycles. The summed E-state index contributed by atoms with van der Waals surface area (Å²) < 4.78 is 0. The van der Waals surface area contributed by atoms with Crippen molar-refractivity contribution in [2.45, 2.75) is 18.1 Å². The average molecular weight is 201 g/mol. The summed E-state index contributed by atoms with van der Waals surface area (Å²) in [5.74, 6) is 1.03. The van der Waals surface area contributed by atoms with E-state index in [0.717, 1.165) is 24.3 Å². The highest BCUT2D eigenvalue weighted by molar-refractivity contribution is 7.99. The van der Waals surface area contributed by atoms with Crippen LogP contribution in [0.2, 0.25) is 0 Å². The minimum atomic E-state index is 0.853. The van der Waals surface area contributed by atoms with Crippen LogP contribution in [0, 0.1) is 0 Å². The highest BCUT2D eigenvalue weighted by atomic mass is 32.2. The zero-order chi connectivity index (χ0) is 9.68. The predicted molar refractivity (Wildman–Crippen MR) is 60.5 cm³/mol. The van der Waals surface area contributed by atoms with Crippen LogP contribution in [-0.4, -0.2) is 49.6 Å². The van der Waals surface area contributed by atoms with Gasteiger partial charge in [-0.2, -0.15) is 11.8 Å². The lowest BCUT2D eigenvalue weighted by atomic mass is 10.1. The third-order valence-corrected chi connectivity index (χ3v) is 3.65. The van der Waals surface area contributed by atoms with Gasteiger partial charge in [-0.25, -0.2) is 0 Å². The van der Waals surface area contributed by atoms with Gasteiger partial charge in [-0.1, -0.05) is 0 Å². The van der Waals surface area contributed by atoms with Crippen molar-refractivity contribution in [2.75, 3.05) is 33.4 Å². The maximum Gasteiger partial charge on any atom is 0.193 e. The Morgan fingerprint density at radius 3 is 2.46 bits per heavy atom. The number of rotatable bonds is 1. The number of hydrogen-bond acceptors (Lipinski definition) is 2. The van der Waals surface area contributed by atoms with Gasteiger partial charge in [0, 0.05) is 32.4 Å². The number of piperidine rings is 1. The first-order valence-electron chi connectivity index (χ1n) is 4.74. The molecule has 4 heteroatoms. The fourth-order valence-corrected chi connectivity index (χ4v) is 2.40. The van der Waals surface area contributed by atoms with Crippen molar-refractivity contribution in [2.24, 2.45) is 4.99 Å². The van der Waals surface area contributed by atoms with Crippen LogP contribution in [0.15, 0.2) is 4.99 Å². The summed E-state index contributed by atoms with van der Waals surface area (Å²) in [6.45, 7) is 2.28. The van der Waals surface area contributed by atoms with E-state index in [2.05, 4.69) is 21.5 Å². The van der Waals surface area contributed by atoms with E-state index in [1.54, 1.807) is 0 Å². The van der Waals surface area contributed by atoms with Gasteiger partial charge in [-0.05, 0) is 19.1 Å². The smallest absolute Gasteiger partial charge is 0.193 e. The molecule has 0 aromatic heterocycles. The molecule has 1 aliphatic rings. The third kappa shape index (κ3) is 2.79. The van der Waals surface area contributed by atoms with Crippen molar-refractivity contribution in [3.8, 4) is 0 Å². The number of aliphatic imine (C=N–C) groups is 1. The first-order chi connectivity index (χ1) is 6.31. The van der Waals surface area contributed by atoms with E-state index < -0.39 is 0 Å². The molecule has 1 saturated heterocycles. The number of guanidine groups is 1. The molecule has 3 nitrogen and oxygen atoms in total. The average Bonchev–Trinajstić information content (AvgIpc) is 2.21. The Balaban J connectivity index is 2.40. The van der Waals surface area contributed by atoms with Crippen LogP contribution in [-0.2, 0) is 0 Å². The molecule has 1 N–H and O–H groups in total. The van der Waals surface area contributed by atoms with Crippen molar-refractivity contribution >= 4 is 17.7 Å². The van der Waals surface area contributed by atoms with Crippen LogP contribution in [0.3, 0.4) is 0 Å². The van der Waals surface area contributed by atoms with E-state index in [4.69, 9.17) is 0 Å². The molecular formula is C9H19N3S. The summed E-state index contributed by atoms with van der Waals surface area (Å²) in [4.78, 5) is 6.53. The number of thioether (sulfide) groups is 1. The fraction of sp³-hybridized carbons (Fsp3) is 0.889. The summed E-state index contributed by atoms with van der Waals surface area (Å²) in [7, 11) is 3.77. The molecule has 0 amide bonds. The summed E-state index contributed by atoms with van der Waals surface area (Å²) in [6.07, 6.45) is 4.76. The number of hydrogen-bond donors (Lipinski definition) is 1. The molecule has 0 unspecified atom stereocenters. The highest BCUT2D eigenvalue weighted by Gasteiger charge is 2.19. The quantitative estimate of drug-likeness (QED) is 0.507. The monoisotopic (exact) mass is 201 g/mol. The predicted octanol–water partition coefficient (Wildman–Crippen LogP) is 1.02. The largest absolute Gasteiger partial charge is 0.359 e. The second kappa shape index (κ2) is 5.37. The van der Waals surface area contributed by atoms with Gasteiger partial charge in [0.05, 0.1) is 0 Å². The molecule has 0 bridgehead atoms. The Kier molecular flexibility index (Phi) is 4.42. The van der Waals surface area contributed by atoms with Crippen molar-refractivity contribution in [1.82, 2.24) is 10.2 Å². The van der Waals surface area contributed by atoms with Crippen molar-refractivity contribution in [3.05, 3.63) is 0 Å². The van der Waals surface area contributed by atoms with Crippen LogP contribution in [0.4, 0.5) is 0 Å². The zero-order valence-electron chi connectivity index (χ0n) is 8.71. The SMILES string of the molecule is CN=C(NC)N1CCC(SC)CC1. The molecule has 13 heavy (non-hydrogen) atoms. The van der Waals surface area contributed by atoms with Gasteiger partial charge in [0.1, 0.15) is 0 Å². The van der Waals surface area contributed by atoms with Crippen molar-refractivity contribution in [1.29, 1.82) is 0 Å². The van der Waals surface area contributed by atoms with Crippen LogP contribution in [0.25, 0.3) is 0 Å². The summed E-state index contributed by atoms with van der Waals surface area (Å²) in [5, 5.41) is 3.98. The molecular weight excluding hydrogens is 182 g/mol. The van der Waals surface area contributed by atoms with E-state index in [9.17, 15) is 0 Å². The third-order valence-electron chi connectivity index (χ3n) is 2.51. The van der Waals surface area contributed by atoms with Gasteiger partial charge >= 0.3 is 0 Å². The van der Waals surface area contributed by atoms with Gasteiger partial charge in [-0.3, -0.25) is 4.99 Å². The highest BCUT2D eigenvalue weighted by Crippen LogP contribution is 2.20. The number of likely N-dealkylation sites (tertiary alicyclic amines) is 1. The topological polar surface area (TPSA) is 27.6 Å². The Hall–Kier alpha value is -0.380. The molecule has 0 radical (unpaired) electrons. The van der Waals surface area contributed by atoms with Gasteiger partial charge < -0.3 is 10.2 Å². The molecule has 0 atom stereocenters. The van der Waals surface area contributed by atoms with E-state index in [1.807, 2.05) is 25.9 Å². The van der Waals surface area contributed by atoms with E-state index >= 15 is 0 Å². The van der Waals surface area contributed by atoms with Crippen molar-refractivity contribution < 1.29 is 0 Å². The first kappa shape index (κ1) is 10.7. The molecule has 1 heterocycles. The summed E-state index contributed by atoms with van der Waals surface area (Å²) >= 11 is 1.99. The lowest BCUT2D eigenvalue weighted by Crippen LogP contribution is -2.44. The fourth-order valence-electron chi connectivity index (χ4n) is 1.71. The molecule has 76 valence electrons. The standard InChI is InChI=1S/C9H19N3S/c1-10-9(11-2)12-6-4-8(13-3)5-7-12/h8H,4-7H2,1-3H3,(H,10,11). The van der Waals surface area contributed by atoms with Crippen LogP contribution in [0.5, 0.6) is 0 Å². The van der Waals surface area contributed by atoms with E-state index in [0.29, 0.717) is 0 Å². The van der Waals surface area contributed by atoms with Crippen LogP contribution < -0.4 is 5.32 Å². The summed E-state index contributed by atoms with van der Waals surface area (Å²) in [6, 6.07) is 0. The van der Waals surface area contributed by atoms with Gasteiger partial charge in [0.25, 0.3) is 0 Å². The second-order valence-corrected chi connectivity index (χ2v) is 4.36. The normalized spacial score (nSPS) is 20.5. The van der Waals surface area contributed by atoms with Gasteiger partial charge in [0.2, 0.25) is 0 Å². The Morgan fingerprint density at radius 1 is 1.46 bits per heavy atom. The minimum Gasteiger partial charge on any atom is -0.359 e. The summed E-state index contributed by atoms with van der Waals surface area (Å²) in [5.41, 5.74) is 0.